The number of rotatable bonds is 4. The van der Waals surface area contributed by atoms with Crippen molar-refractivity contribution < 1.29 is 9.90 Å². The van der Waals surface area contributed by atoms with E-state index in [-0.39, 0.29) is 24.5 Å². The van der Waals surface area contributed by atoms with Gasteiger partial charge in [0.25, 0.3) is 5.91 Å². The van der Waals surface area contributed by atoms with Gasteiger partial charge in [-0.25, -0.2) is 0 Å². The minimum absolute atomic E-state index is 0.0178. The van der Waals surface area contributed by atoms with Crippen LogP contribution in [0.3, 0.4) is 0 Å². The largest absolute Gasteiger partial charge is 0.396 e. The first-order valence-electron chi connectivity index (χ1n) is 6.65. The maximum Gasteiger partial charge on any atom is 0.251 e. The highest BCUT2D eigenvalue weighted by Crippen LogP contribution is 2.22. The number of carbonyl (C=O) groups excluding carboxylic acids is 1. The van der Waals surface area contributed by atoms with Crippen molar-refractivity contribution in [1.82, 2.24) is 5.32 Å². The molecule has 0 bridgehead atoms. The molecule has 0 spiro atoms. The summed E-state index contributed by atoms with van der Waals surface area (Å²) >= 11 is 0. The van der Waals surface area contributed by atoms with E-state index in [9.17, 15) is 4.79 Å². The predicted octanol–water partition coefficient (Wildman–Crippen LogP) is 1.92. The fraction of sp³-hybridized carbons (Fsp3) is 0.533. The van der Waals surface area contributed by atoms with E-state index in [2.05, 4.69) is 11.4 Å². The minimum Gasteiger partial charge on any atom is -0.396 e. The standard InChI is InChI=1S/C15H21NO2/c1-10(9-17)11(2)16-15(18)14-7-6-12-4-3-5-13(12)8-14/h6-8,10-11,17H,3-5,9H2,1-2H3,(H,16,18). The van der Waals surface area contributed by atoms with E-state index in [1.807, 2.05) is 26.0 Å². The zero-order chi connectivity index (χ0) is 13.1. The van der Waals surface area contributed by atoms with Gasteiger partial charge in [-0.15, -0.1) is 0 Å². The van der Waals surface area contributed by atoms with E-state index < -0.39 is 0 Å². The number of amides is 1. The molecule has 0 fully saturated rings. The van der Waals surface area contributed by atoms with Gasteiger partial charge in [-0.3, -0.25) is 4.79 Å². The van der Waals surface area contributed by atoms with Crippen molar-refractivity contribution in [1.29, 1.82) is 0 Å². The lowest BCUT2D eigenvalue weighted by molar-refractivity contribution is 0.0916. The first-order valence-corrected chi connectivity index (χ1v) is 6.65. The molecule has 1 aliphatic carbocycles. The van der Waals surface area contributed by atoms with Crippen LogP contribution in [0.25, 0.3) is 0 Å². The molecule has 2 rings (SSSR count). The van der Waals surface area contributed by atoms with E-state index in [4.69, 9.17) is 5.11 Å². The van der Waals surface area contributed by atoms with Crippen LogP contribution >= 0.6 is 0 Å². The number of carbonyl (C=O) groups is 1. The van der Waals surface area contributed by atoms with Gasteiger partial charge in [-0.1, -0.05) is 13.0 Å². The van der Waals surface area contributed by atoms with Gasteiger partial charge in [0.2, 0.25) is 0 Å². The van der Waals surface area contributed by atoms with Gasteiger partial charge < -0.3 is 10.4 Å². The summed E-state index contributed by atoms with van der Waals surface area (Å²) in [6.07, 6.45) is 3.41. The number of hydrogen-bond acceptors (Lipinski definition) is 2. The smallest absolute Gasteiger partial charge is 0.251 e. The van der Waals surface area contributed by atoms with Crippen LogP contribution in [0, 0.1) is 5.92 Å². The molecule has 98 valence electrons. The third-order valence-corrected chi connectivity index (χ3v) is 3.86. The third-order valence-electron chi connectivity index (χ3n) is 3.86. The summed E-state index contributed by atoms with van der Waals surface area (Å²) < 4.78 is 0. The summed E-state index contributed by atoms with van der Waals surface area (Å²) in [5, 5.41) is 12.0. The lowest BCUT2D eigenvalue weighted by Gasteiger charge is -2.19. The van der Waals surface area contributed by atoms with Crippen molar-refractivity contribution in [3.05, 3.63) is 34.9 Å². The molecular formula is C15H21NO2. The Hall–Kier alpha value is -1.35. The van der Waals surface area contributed by atoms with Gasteiger partial charge in [0, 0.05) is 18.2 Å². The number of benzene rings is 1. The van der Waals surface area contributed by atoms with Crippen molar-refractivity contribution in [2.45, 2.75) is 39.2 Å². The van der Waals surface area contributed by atoms with Gasteiger partial charge in [0.15, 0.2) is 0 Å². The Bertz CT molecular complexity index is 442. The van der Waals surface area contributed by atoms with E-state index in [0.717, 1.165) is 18.4 Å². The summed E-state index contributed by atoms with van der Waals surface area (Å²) in [5.41, 5.74) is 3.42. The second-order valence-electron chi connectivity index (χ2n) is 5.26. The van der Waals surface area contributed by atoms with Gasteiger partial charge >= 0.3 is 0 Å². The van der Waals surface area contributed by atoms with Crippen molar-refractivity contribution >= 4 is 5.91 Å². The second kappa shape index (κ2) is 5.53. The maximum absolute atomic E-state index is 12.1. The predicted molar refractivity (Wildman–Crippen MR) is 71.6 cm³/mol. The molecule has 0 aliphatic heterocycles. The molecule has 0 aromatic heterocycles. The normalized spacial score (nSPS) is 17.1. The Morgan fingerprint density at radius 2 is 2.06 bits per heavy atom. The minimum atomic E-state index is -0.0440. The summed E-state index contributed by atoms with van der Waals surface area (Å²) in [6.45, 7) is 3.94. The molecular weight excluding hydrogens is 226 g/mol. The number of aliphatic hydroxyl groups excluding tert-OH is 1. The molecule has 0 radical (unpaired) electrons. The van der Waals surface area contributed by atoms with Crippen LogP contribution < -0.4 is 5.32 Å². The monoisotopic (exact) mass is 247 g/mol. The number of aryl methyl sites for hydroxylation is 2. The maximum atomic E-state index is 12.1. The fourth-order valence-corrected chi connectivity index (χ4v) is 2.30. The molecule has 0 saturated heterocycles. The molecule has 3 nitrogen and oxygen atoms in total. The van der Waals surface area contributed by atoms with Crippen molar-refractivity contribution in [2.24, 2.45) is 5.92 Å². The molecule has 1 aromatic rings. The molecule has 2 N–H and O–H groups in total. The molecule has 18 heavy (non-hydrogen) atoms. The zero-order valence-corrected chi connectivity index (χ0v) is 11.1. The first-order chi connectivity index (χ1) is 8.61. The quantitative estimate of drug-likeness (QED) is 0.854. The highest BCUT2D eigenvalue weighted by molar-refractivity contribution is 5.94. The SMILES string of the molecule is CC(CO)C(C)NC(=O)c1ccc2c(c1)CCC2. The number of fused-ring (bicyclic) bond motifs is 1. The van der Waals surface area contributed by atoms with Crippen molar-refractivity contribution in [2.75, 3.05) is 6.61 Å². The average Bonchev–Trinajstić information content (AvgIpc) is 2.84. The van der Waals surface area contributed by atoms with E-state index in [1.165, 1.54) is 17.5 Å². The topological polar surface area (TPSA) is 49.3 Å². The molecule has 2 unspecified atom stereocenters. The third kappa shape index (κ3) is 2.72. The molecule has 1 aromatic carbocycles. The Balaban J connectivity index is 2.05. The van der Waals surface area contributed by atoms with Crippen LogP contribution in [-0.2, 0) is 12.8 Å². The first kappa shape index (κ1) is 13.1. The Labute approximate surface area is 108 Å². The summed E-state index contributed by atoms with van der Waals surface area (Å²) in [4.78, 5) is 12.1. The molecule has 1 amide bonds. The van der Waals surface area contributed by atoms with Gasteiger partial charge in [-0.05, 0) is 55.4 Å². The Morgan fingerprint density at radius 3 is 2.78 bits per heavy atom. The summed E-state index contributed by atoms with van der Waals surface area (Å²) in [6, 6.07) is 5.96. The lowest BCUT2D eigenvalue weighted by atomic mass is 10.0. The Morgan fingerprint density at radius 1 is 1.33 bits per heavy atom. The van der Waals surface area contributed by atoms with Crippen LogP contribution in [0.4, 0.5) is 0 Å². The van der Waals surface area contributed by atoms with E-state index in [0.29, 0.717) is 0 Å². The van der Waals surface area contributed by atoms with Crippen LogP contribution in [-0.4, -0.2) is 23.7 Å². The fourth-order valence-electron chi connectivity index (χ4n) is 2.30. The van der Waals surface area contributed by atoms with E-state index >= 15 is 0 Å². The number of hydrogen-bond donors (Lipinski definition) is 2. The number of nitrogens with one attached hydrogen (secondary N) is 1. The second-order valence-corrected chi connectivity index (χ2v) is 5.26. The molecule has 2 atom stereocenters. The van der Waals surface area contributed by atoms with Crippen molar-refractivity contribution in [3.8, 4) is 0 Å². The van der Waals surface area contributed by atoms with Gasteiger partial charge in [0.1, 0.15) is 0 Å². The van der Waals surface area contributed by atoms with Crippen molar-refractivity contribution in [3.63, 3.8) is 0 Å². The van der Waals surface area contributed by atoms with Gasteiger partial charge in [0.05, 0.1) is 0 Å². The van der Waals surface area contributed by atoms with Crippen LogP contribution in [0.1, 0.15) is 41.8 Å². The molecule has 0 heterocycles. The lowest BCUT2D eigenvalue weighted by Crippen LogP contribution is -2.38. The molecule has 3 heteroatoms. The highest BCUT2D eigenvalue weighted by Gasteiger charge is 2.17. The molecule has 1 aliphatic rings. The Kier molecular flexibility index (Phi) is 4.02. The number of aliphatic hydroxyl groups is 1. The van der Waals surface area contributed by atoms with Crippen LogP contribution in [0.5, 0.6) is 0 Å². The summed E-state index contributed by atoms with van der Waals surface area (Å²) in [5.74, 6) is 0.0286. The highest BCUT2D eigenvalue weighted by atomic mass is 16.3. The van der Waals surface area contributed by atoms with Gasteiger partial charge in [-0.2, -0.15) is 0 Å². The zero-order valence-electron chi connectivity index (χ0n) is 11.1. The van der Waals surface area contributed by atoms with E-state index in [1.54, 1.807) is 0 Å². The molecule has 0 saturated carbocycles. The average molecular weight is 247 g/mol. The van der Waals surface area contributed by atoms with Crippen LogP contribution in [0.15, 0.2) is 18.2 Å². The van der Waals surface area contributed by atoms with Crippen LogP contribution in [0.2, 0.25) is 0 Å². The summed E-state index contributed by atoms with van der Waals surface area (Å²) in [7, 11) is 0.